The van der Waals surface area contributed by atoms with E-state index in [1.807, 2.05) is 0 Å². The first-order chi connectivity index (χ1) is 13.7. The Morgan fingerprint density at radius 1 is 1.07 bits per heavy atom. The van der Waals surface area contributed by atoms with Crippen LogP contribution >= 0.6 is 11.6 Å². The standard InChI is InChI=1S/C18H19ClN2O7S/c19-16-5-4-14(29(27,28)21(6-8-22)7-9-23)11-15(16)17(24)20-13-3-1-2-12(10-13)18(25)26/h1-5,10-11,22-23H,6-9H2,(H,20,24)(H,25,26)/p-1. The van der Waals surface area contributed by atoms with Gasteiger partial charge in [0.25, 0.3) is 5.91 Å². The number of nitrogens with zero attached hydrogens (tertiary/aromatic N) is 1. The Hall–Kier alpha value is -2.50. The molecule has 0 unspecified atom stereocenters. The van der Waals surface area contributed by atoms with Crippen LogP contribution in [0.25, 0.3) is 0 Å². The van der Waals surface area contributed by atoms with Crippen molar-refractivity contribution in [2.75, 3.05) is 31.6 Å². The van der Waals surface area contributed by atoms with E-state index in [4.69, 9.17) is 21.8 Å². The molecule has 9 nitrogen and oxygen atoms in total. The Kier molecular flexibility index (Phi) is 7.71. The molecule has 0 saturated carbocycles. The number of aromatic carboxylic acids is 1. The number of carboxylic acids is 1. The lowest BCUT2D eigenvalue weighted by molar-refractivity contribution is -0.255. The summed E-state index contributed by atoms with van der Waals surface area (Å²) < 4.78 is 26.3. The number of halogens is 1. The van der Waals surface area contributed by atoms with Crippen molar-refractivity contribution >= 4 is 39.2 Å². The number of carboxylic acid groups (broad SMARTS) is 1. The molecule has 0 fully saturated rings. The van der Waals surface area contributed by atoms with E-state index >= 15 is 0 Å². The Bertz CT molecular complexity index is 1010. The first kappa shape index (κ1) is 22.8. The predicted molar refractivity (Wildman–Crippen MR) is 103 cm³/mol. The number of hydrogen-bond donors (Lipinski definition) is 3. The van der Waals surface area contributed by atoms with Gasteiger partial charge in [0.15, 0.2) is 0 Å². The van der Waals surface area contributed by atoms with Gasteiger partial charge in [-0.1, -0.05) is 23.7 Å². The van der Waals surface area contributed by atoms with Gasteiger partial charge >= 0.3 is 0 Å². The van der Waals surface area contributed by atoms with Crippen molar-refractivity contribution in [3.63, 3.8) is 0 Å². The second kappa shape index (κ2) is 9.81. The predicted octanol–water partition coefficient (Wildman–Crippen LogP) is -0.0689. The molecule has 1 amide bonds. The molecule has 11 heteroatoms. The van der Waals surface area contributed by atoms with Gasteiger partial charge < -0.3 is 25.4 Å². The summed E-state index contributed by atoms with van der Waals surface area (Å²) in [5, 5.41) is 31.5. The molecule has 0 aromatic heterocycles. The zero-order chi connectivity index (χ0) is 21.6. The van der Waals surface area contributed by atoms with Gasteiger partial charge in [-0.2, -0.15) is 4.31 Å². The van der Waals surface area contributed by atoms with E-state index in [1.54, 1.807) is 0 Å². The number of amides is 1. The topological polar surface area (TPSA) is 147 Å². The third kappa shape index (κ3) is 5.52. The van der Waals surface area contributed by atoms with Crippen LogP contribution in [0.3, 0.4) is 0 Å². The van der Waals surface area contributed by atoms with E-state index in [0.717, 1.165) is 10.4 Å². The fourth-order valence-electron chi connectivity index (χ4n) is 2.49. The Labute approximate surface area is 172 Å². The van der Waals surface area contributed by atoms with Gasteiger partial charge in [0.05, 0.1) is 34.7 Å². The number of nitrogens with one attached hydrogen (secondary N) is 1. The van der Waals surface area contributed by atoms with E-state index in [9.17, 15) is 23.1 Å². The van der Waals surface area contributed by atoms with Gasteiger partial charge in [0.2, 0.25) is 10.0 Å². The average molecular weight is 442 g/mol. The molecule has 0 radical (unpaired) electrons. The lowest BCUT2D eigenvalue weighted by Crippen LogP contribution is -2.36. The van der Waals surface area contributed by atoms with Crippen molar-refractivity contribution in [3.05, 3.63) is 58.6 Å². The van der Waals surface area contributed by atoms with Crippen molar-refractivity contribution < 1.29 is 33.3 Å². The Morgan fingerprint density at radius 2 is 1.72 bits per heavy atom. The minimum atomic E-state index is -4.10. The summed E-state index contributed by atoms with van der Waals surface area (Å²) in [6.07, 6.45) is 0. The van der Waals surface area contributed by atoms with Crippen LogP contribution in [0.2, 0.25) is 5.02 Å². The zero-order valence-electron chi connectivity index (χ0n) is 15.0. The number of aliphatic hydroxyl groups is 2. The third-order valence-electron chi connectivity index (χ3n) is 3.88. The fraction of sp³-hybridized carbons (Fsp3) is 0.222. The van der Waals surface area contributed by atoms with Gasteiger partial charge in [-0.3, -0.25) is 4.79 Å². The molecule has 0 spiro atoms. The molecule has 2 aromatic rings. The summed E-state index contributed by atoms with van der Waals surface area (Å²) >= 11 is 6.04. The molecule has 0 bridgehead atoms. The van der Waals surface area contributed by atoms with E-state index in [2.05, 4.69) is 5.32 Å². The average Bonchev–Trinajstić information content (AvgIpc) is 2.68. The van der Waals surface area contributed by atoms with Crippen LogP contribution in [0.4, 0.5) is 5.69 Å². The lowest BCUT2D eigenvalue weighted by atomic mass is 10.1. The molecule has 3 N–H and O–H groups in total. The van der Waals surface area contributed by atoms with Gasteiger partial charge in [0, 0.05) is 18.8 Å². The SMILES string of the molecule is O=C([O-])c1cccc(NC(=O)c2cc(S(=O)(=O)N(CCO)CCO)ccc2Cl)c1. The number of carbonyl (C=O) groups is 2. The second-order valence-corrected chi connectivity index (χ2v) is 8.16. The highest BCUT2D eigenvalue weighted by Gasteiger charge is 2.25. The summed E-state index contributed by atoms with van der Waals surface area (Å²) in [6.45, 7) is -1.37. The largest absolute Gasteiger partial charge is 0.545 e. The number of aliphatic hydroxyl groups excluding tert-OH is 2. The molecule has 156 valence electrons. The summed E-state index contributed by atoms with van der Waals surface area (Å²) in [6, 6.07) is 8.84. The zero-order valence-corrected chi connectivity index (χ0v) is 16.6. The lowest BCUT2D eigenvalue weighted by Gasteiger charge is -2.20. The number of hydrogen-bond acceptors (Lipinski definition) is 7. The molecule has 0 saturated heterocycles. The molecule has 0 heterocycles. The molecule has 29 heavy (non-hydrogen) atoms. The summed E-state index contributed by atoms with van der Waals surface area (Å²) in [7, 11) is -4.10. The summed E-state index contributed by atoms with van der Waals surface area (Å²) in [4.78, 5) is 23.3. The number of carbonyl (C=O) groups excluding carboxylic acids is 2. The maximum Gasteiger partial charge on any atom is 0.257 e. The van der Waals surface area contributed by atoms with Crippen LogP contribution in [0.1, 0.15) is 20.7 Å². The maximum absolute atomic E-state index is 12.7. The van der Waals surface area contributed by atoms with Crippen LogP contribution in [0.5, 0.6) is 0 Å². The molecule has 2 rings (SSSR count). The van der Waals surface area contributed by atoms with Gasteiger partial charge in [-0.15, -0.1) is 0 Å². The van der Waals surface area contributed by atoms with Crippen LogP contribution in [-0.4, -0.2) is 61.1 Å². The van der Waals surface area contributed by atoms with Gasteiger partial charge in [0.1, 0.15) is 0 Å². The van der Waals surface area contributed by atoms with E-state index in [0.29, 0.717) is 0 Å². The molecule has 2 aromatic carbocycles. The molecular formula is C18H18ClN2O7S-. The quantitative estimate of drug-likeness (QED) is 0.493. The summed E-state index contributed by atoms with van der Waals surface area (Å²) in [5.41, 5.74) is -0.142. The normalized spacial score (nSPS) is 11.4. The van der Waals surface area contributed by atoms with E-state index < -0.39 is 35.1 Å². The Balaban J connectivity index is 2.36. The number of sulfonamides is 1. The van der Waals surface area contributed by atoms with Crippen molar-refractivity contribution in [2.24, 2.45) is 0 Å². The maximum atomic E-state index is 12.7. The van der Waals surface area contributed by atoms with Crippen molar-refractivity contribution in [1.82, 2.24) is 4.31 Å². The monoisotopic (exact) mass is 441 g/mol. The van der Waals surface area contributed by atoms with Crippen LogP contribution < -0.4 is 10.4 Å². The highest BCUT2D eigenvalue weighted by Crippen LogP contribution is 2.24. The van der Waals surface area contributed by atoms with Gasteiger partial charge in [-0.05, 0) is 35.9 Å². The Morgan fingerprint density at radius 3 is 2.31 bits per heavy atom. The van der Waals surface area contributed by atoms with Crippen LogP contribution in [0.15, 0.2) is 47.4 Å². The third-order valence-corrected chi connectivity index (χ3v) is 6.10. The van der Waals surface area contributed by atoms with Crippen LogP contribution in [0, 0.1) is 0 Å². The van der Waals surface area contributed by atoms with Gasteiger partial charge in [-0.25, -0.2) is 8.42 Å². The minimum absolute atomic E-state index is 0.0200. The fourth-order valence-corrected chi connectivity index (χ4v) is 4.14. The van der Waals surface area contributed by atoms with Crippen molar-refractivity contribution in [3.8, 4) is 0 Å². The molecule has 0 aliphatic carbocycles. The first-order valence-electron chi connectivity index (χ1n) is 8.35. The minimum Gasteiger partial charge on any atom is -0.545 e. The highest BCUT2D eigenvalue weighted by atomic mass is 35.5. The van der Waals surface area contributed by atoms with E-state index in [-0.39, 0.29) is 39.8 Å². The summed E-state index contributed by atoms with van der Waals surface area (Å²) in [5.74, 6) is -2.17. The number of anilines is 1. The number of rotatable bonds is 9. The first-order valence-corrected chi connectivity index (χ1v) is 10.2. The molecule has 0 aliphatic rings. The van der Waals surface area contributed by atoms with Crippen molar-refractivity contribution in [1.29, 1.82) is 0 Å². The molecule has 0 aliphatic heterocycles. The van der Waals surface area contributed by atoms with Crippen molar-refractivity contribution in [2.45, 2.75) is 4.90 Å². The number of benzene rings is 2. The second-order valence-electron chi connectivity index (χ2n) is 5.82. The highest BCUT2D eigenvalue weighted by molar-refractivity contribution is 7.89. The molecule has 0 atom stereocenters. The smallest absolute Gasteiger partial charge is 0.257 e. The van der Waals surface area contributed by atoms with E-state index in [1.165, 1.54) is 36.4 Å². The molecular weight excluding hydrogens is 424 g/mol. The van der Waals surface area contributed by atoms with Crippen LogP contribution in [-0.2, 0) is 10.0 Å².